The highest BCUT2D eigenvalue weighted by Crippen LogP contribution is 2.08. The van der Waals surface area contributed by atoms with E-state index in [-0.39, 0.29) is 41.0 Å². The Labute approximate surface area is 372 Å². The quantitative estimate of drug-likeness (QED) is 0.0822. The Kier molecular flexibility index (Phi) is 24.0. The highest BCUT2D eigenvalue weighted by atomic mass is 16.5. The van der Waals surface area contributed by atoms with Gasteiger partial charge in [0.2, 0.25) is 5.82 Å². The van der Waals surface area contributed by atoms with E-state index >= 15 is 0 Å². The van der Waals surface area contributed by atoms with E-state index in [1.807, 2.05) is 58.0 Å². The first-order chi connectivity index (χ1) is 30.9. The number of methoxy groups -OCH3 is 1. The van der Waals surface area contributed by atoms with Crippen molar-refractivity contribution >= 4 is 54.1 Å². The Morgan fingerprint density at radius 2 is 0.923 bits per heavy atom. The van der Waals surface area contributed by atoms with Crippen molar-refractivity contribution in [2.24, 2.45) is 21.1 Å². The lowest BCUT2D eigenvalue weighted by molar-refractivity contribution is -0.193. The second-order valence-electron chi connectivity index (χ2n) is 12.7. The van der Waals surface area contributed by atoms with Crippen LogP contribution in [0, 0.1) is 27.7 Å². The first-order valence-corrected chi connectivity index (χ1v) is 18.8. The lowest BCUT2D eigenvalue weighted by Gasteiger charge is -1.99. The number of carbonyl (C=O) groups is 5. The Morgan fingerprint density at radius 1 is 0.569 bits per heavy atom. The number of aromatic nitrogens is 12. The third-order valence-corrected chi connectivity index (χ3v) is 8.50. The molecule has 22 heteroatoms. The molecule has 65 heavy (non-hydrogen) atoms. The lowest BCUT2D eigenvalue weighted by Crippen LogP contribution is -2.08. The molecule has 6 heterocycles. The number of hydrogen-bond acceptors (Lipinski definition) is 19. The smallest absolute Gasteiger partial charge is 0.376 e. The molecule has 0 atom stereocenters. The Balaban J connectivity index is 0.000000436. The summed E-state index contributed by atoms with van der Waals surface area (Å²) in [5.74, 6) is 2.95. The molecule has 0 spiro atoms. The maximum Gasteiger partial charge on any atom is 0.376 e. The van der Waals surface area contributed by atoms with E-state index in [9.17, 15) is 24.0 Å². The summed E-state index contributed by atoms with van der Waals surface area (Å²) < 4.78 is 10.0. The van der Waals surface area contributed by atoms with Crippen LogP contribution in [0.3, 0.4) is 0 Å². The molecule has 22 nitrogen and oxygen atoms in total. The van der Waals surface area contributed by atoms with Crippen LogP contribution < -0.4 is 0 Å². The fourth-order valence-electron chi connectivity index (χ4n) is 4.38. The van der Waals surface area contributed by atoms with Crippen molar-refractivity contribution in [3.05, 3.63) is 137 Å². The molecule has 6 aromatic heterocycles. The number of hydrogen-bond donors (Lipinski definition) is 0. The number of Topliss-reactive ketones (excluding diaryl/α,β-unsaturated/α-hetero) is 1. The summed E-state index contributed by atoms with van der Waals surface area (Å²) in [6.07, 6.45) is 22.1. The Bertz CT molecular complexity index is 2620. The van der Waals surface area contributed by atoms with Gasteiger partial charge in [0.25, 0.3) is 0 Å². The van der Waals surface area contributed by atoms with Gasteiger partial charge in [-0.2, -0.15) is 19.2 Å². The molecule has 0 fully saturated rings. The van der Waals surface area contributed by atoms with E-state index < -0.39 is 5.97 Å². The van der Waals surface area contributed by atoms with Crippen LogP contribution in [0.25, 0.3) is 12.2 Å². The molecule has 0 aromatic carbocycles. The number of aryl methyl sites for hydroxylation is 5. The van der Waals surface area contributed by atoms with E-state index in [1.165, 1.54) is 51.0 Å². The third-order valence-electron chi connectivity index (χ3n) is 8.50. The number of ether oxygens (including phenoxy) is 1. The summed E-state index contributed by atoms with van der Waals surface area (Å²) in [6.45, 7) is 10.9. The number of ketones is 3. The van der Waals surface area contributed by atoms with Gasteiger partial charge in [-0.05, 0) is 58.9 Å². The second-order valence-corrected chi connectivity index (χ2v) is 12.7. The largest absolute Gasteiger partial charge is 0.463 e. The highest BCUT2D eigenvalue weighted by molar-refractivity contribution is 6.07. The molecule has 0 amide bonds. The molecular formula is C43H46N12O10. The molecule has 338 valence electrons. The number of carbonyl (C=O) groups excluding carboxylic acids is 9. The SMILES string of the molecule is CC(=O)c1cnc(C)nc1.CCc1ncc(C(=O)/C=C/c2cnc(C)n2C)cn1.COC(=O)c1ncc(C(=O)/C=C/c2cnc(C)n2C)cn1.Cc1ncc(C=O)n1C.O=C=O.O=C=O. The highest BCUT2D eigenvalue weighted by Gasteiger charge is 2.11. The van der Waals surface area contributed by atoms with Gasteiger partial charge in [-0.25, -0.2) is 49.7 Å². The minimum atomic E-state index is -0.644. The molecule has 6 aromatic rings. The van der Waals surface area contributed by atoms with Gasteiger partial charge in [0.05, 0.1) is 53.8 Å². The predicted molar refractivity (Wildman–Crippen MR) is 228 cm³/mol. The van der Waals surface area contributed by atoms with Crippen LogP contribution in [0.2, 0.25) is 0 Å². The number of nitrogens with zero attached hydrogens (tertiary/aromatic N) is 12. The van der Waals surface area contributed by atoms with Gasteiger partial charge >= 0.3 is 18.3 Å². The van der Waals surface area contributed by atoms with Crippen LogP contribution in [-0.2, 0) is 51.5 Å². The van der Waals surface area contributed by atoms with Gasteiger partial charge in [-0.3, -0.25) is 19.2 Å². The van der Waals surface area contributed by atoms with E-state index in [4.69, 9.17) is 19.2 Å². The average Bonchev–Trinajstić information content (AvgIpc) is 3.94. The minimum Gasteiger partial charge on any atom is -0.463 e. The minimum absolute atomic E-state index is 0.000000000000000444. The molecule has 0 aliphatic rings. The Hall–Kier alpha value is -8.74. The first-order valence-electron chi connectivity index (χ1n) is 18.8. The Morgan fingerprint density at radius 3 is 1.22 bits per heavy atom. The lowest BCUT2D eigenvalue weighted by atomic mass is 10.2. The zero-order valence-corrected chi connectivity index (χ0v) is 37.2. The standard InChI is InChI=1S/C14H14N4O3.C14H16N4O.C7H8N2O.C6H8N2O.2CO2/c1-9-15-8-11(18(9)2)4-5-12(19)10-6-16-13(17-7-10)14(20)21-3;1-4-14-16-7-11(8-17-14)13(19)6-5-12-9-15-10(2)18(12)3;1-5(10)7-3-8-6(2)9-4-7;1-5-7-3-6(4-9)8(5)2;2*2-1-3/h4-8H,1-3H3;5-9H,4H2,1-3H3;3-4H,1-2H3;3-4H,1-2H3;;/b5-4+;6-5+;;;;. The number of rotatable bonds is 10. The summed E-state index contributed by atoms with van der Waals surface area (Å²) in [7, 11) is 6.82. The normalized spacial score (nSPS) is 9.75. The summed E-state index contributed by atoms with van der Waals surface area (Å²) in [6, 6.07) is 0. The average molecular weight is 891 g/mol. The van der Waals surface area contributed by atoms with Crippen LogP contribution in [-0.4, -0.2) is 108 Å². The topological polar surface area (TPSA) is 294 Å². The molecule has 0 radical (unpaired) electrons. The van der Waals surface area contributed by atoms with Crippen molar-refractivity contribution in [3.63, 3.8) is 0 Å². The van der Waals surface area contributed by atoms with Crippen LogP contribution >= 0.6 is 0 Å². The molecule has 0 aliphatic heterocycles. The van der Waals surface area contributed by atoms with Gasteiger partial charge in [0, 0.05) is 64.7 Å². The summed E-state index contributed by atoms with van der Waals surface area (Å²) >= 11 is 0. The van der Waals surface area contributed by atoms with E-state index in [2.05, 4.69) is 49.6 Å². The molecule has 0 saturated heterocycles. The molecule has 0 aliphatic carbocycles. The zero-order chi connectivity index (χ0) is 49.1. The molecule has 0 bridgehead atoms. The number of imidazole rings is 3. The van der Waals surface area contributed by atoms with Gasteiger partial charge in [0.1, 0.15) is 34.8 Å². The zero-order valence-electron chi connectivity index (χ0n) is 37.2. The van der Waals surface area contributed by atoms with Crippen LogP contribution in [0.4, 0.5) is 0 Å². The van der Waals surface area contributed by atoms with Crippen LogP contribution in [0.5, 0.6) is 0 Å². The van der Waals surface area contributed by atoms with Crippen molar-refractivity contribution in [2.45, 2.75) is 48.0 Å². The summed E-state index contributed by atoms with van der Waals surface area (Å²) in [5.41, 5.74) is 3.66. The van der Waals surface area contributed by atoms with Crippen LogP contribution in [0.15, 0.2) is 67.9 Å². The van der Waals surface area contributed by atoms with Crippen molar-refractivity contribution in [1.29, 1.82) is 0 Å². The van der Waals surface area contributed by atoms with Crippen molar-refractivity contribution in [1.82, 2.24) is 58.6 Å². The first kappa shape index (κ1) is 54.3. The maximum atomic E-state index is 12.0. The molecule has 0 N–H and O–H groups in total. The van der Waals surface area contributed by atoms with Crippen molar-refractivity contribution in [2.75, 3.05) is 7.11 Å². The molecule has 6 rings (SSSR count). The molecular weight excluding hydrogens is 845 g/mol. The van der Waals surface area contributed by atoms with Crippen molar-refractivity contribution < 1.29 is 47.9 Å². The molecule has 0 unspecified atom stereocenters. The van der Waals surface area contributed by atoms with E-state index in [1.54, 1.807) is 54.6 Å². The van der Waals surface area contributed by atoms with Gasteiger partial charge < -0.3 is 18.4 Å². The summed E-state index contributed by atoms with van der Waals surface area (Å²) in [4.78, 5) is 124. The fourth-order valence-corrected chi connectivity index (χ4v) is 4.38. The second kappa shape index (κ2) is 28.7. The molecule has 0 saturated carbocycles. The van der Waals surface area contributed by atoms with Crippen LogP contribution in [0.1, 0.15) is 107 Å². The van der Waals surface area contributed by atoms with Gasteiger partial charge in [-0.15, -0.1) is 0 Å². The maximum absolute atomic E-state index is 12.0. The monoisotopic (exact) mass is 890 g/mol. The van der Waals surface area contributed by atoms with Gasteiger partial charge in [-0.1, -0.05) is 6.92 Å². The fraction of sp³-hybridized carbons (Fsp3) is 0.256. The van der Waals surface area contributed by atoms with Gasteiger partial charge in [0.15, 0.2) is 23.6 Å². The van der Waals surface area contributed by atoms with E-state index in [0.717, 1.165) is 47.4 Å². The number of aldehydes is 1. The number of esters is 1. The summed E-state index contributed by atoms with van der Waals surface area (Å²) in [5, 5.41) is 0. The van der Waals surface area contributed by atoms with E-state index in [0.29, 0.717) is 22.6 Å². The van der Waals surface area contributed by atoms with Crippen molar-refractivity contribution in [3.8, 4) is 0 Å². The number of allylic oxidation sites excluding steroid dienone is 2. The third kappa shape index (κ3) is 18.4. The predicted octanol–water partition coefficient (Wildman–Crippen LogP) is 3.54.